The van der Waals surface area contributed by atoms with Crippen molar-refractivity contribution in [3.05, 3.63) is 95.3 Å². The lowest BCUT2D eigenvalue weighted by atomic mass is 9.76. The maximum Gasteiger partial charge on any atom is 0.410 e. The number of amides is 1. The Bertz CT molecular complexity index is 1230. The van der Waals surface area contributed by atoms with Gasteiger partial charge in [-0.2, -0.15) is 0 Å². The molecule has 0 saturated carbocycles. The lowest BCUT2D eigenvalue weighted by molar-refractivity contribution is -0.126. The van der Waals surface area contributed by atoms with Crippen molar-refractivity contribution in [1.29, 1.82) is 0 Å². The molecule has 3 aromatic rings. The zero-order chi connectivity index (χ0) is 24.6. The van der Waals surface area contributed by atoms with Crippen LogP contribution in [0.4, 0.5) is 9.18 Å². The number of benzene rings is 3. The molecule has 0 spiro atoms. The highest BCUT2D eigenvalue weighted by atomic mass is 19.1. The van der Waals surface area contributed by atoms with Crippen LogP contribution < -0.4 is 0 Å². The molecule has 0 radical (unpaired) electrons. The van der Waals surface area contributed by atoms with Gasteiger partial charge in [0.1, 0.15) is 18.2 Å². The minimum atomic E-state index is -0.294. The van der Waals surface area contributed by atoms with Gasteiger partial charge in [-0.1, -0.05) is 60.7 Å². The number of ketones is 1. The van der Waals surface area contributed by atoms with E-state index in [0.29, 0.717) is 25.9 Å². The second-order valence-corrected chi connectivity index (χ2v) is 10.4. The minimum Gasteiger partial charge on any atom is -0.448 e. The van der Waals surface area contributed by atoms with E-state index in [1.165, 1.54) is 34.4 Å². The van der Waals surface area contributed by atoms with Gasteiger partial charge in [-0.25, -0.2) is 9.18 Å². The number of ether oxygens (including phenoxy) is 1. The number of hydrogen-bond donors (Lipinski definition) is 0. The van der Waals surface area contributed by atoms with Crippen LogP contribution in [0.2, 0.25) is 0 Å². The number of nitrogens with zero attached hydrogens (tertiary/aromatic N) is 1. The van der Waals surface area contributed by atoms with Crippen LogP contribution in [0, 0.1) is 11.7 Å². The summed E-state index contributed by atoms with van der Waals surface area (Å²) in [6.07, 6.45) is 4.30. The van der Waals surface area contributed by atoms with E-state index >= 15 is 0 Å². The average molecular weight is 484 g/mol. The molecule has 5 heteroatoms. The minimum absolute atomic E-state index is 0.0373. The Labute approximate surface area is 211 Å². The van der Waals surface area contributed by atoms with E-state index in [2.05, 4.69) is 24.3 Å². The molecule has 36 heavy (non-hydrogen) atoms. The van der Waals surface area contributed by atoms with E-state index in [1.54, 1.807) is 12.1 Å². The summed E-state index contributed by atoms with van der Waals surface area (Å²) in [5, 5.41) is 0. The number of carbonyl (C=O) groups excluding carboxylic acids is 2. The first-order valence-electron chi connectivity index (χ1n) is 13.0. The number of carbonyl (C=O) groups is 2. The number of Topliss-reactive ketones (excluding diaryl/α,β-unsaturated/α-hetero) is 1. The van der Waals surface area contributed by atoms with Crippen molar-refractivity contribution in [3.8, 4) is 11.1 Å². The molecule has 0 N–H and O–H groups in total. The van der Waals surface area contributed by atoms with E-state index in [-0.39, 0.29) is 41.6 Å². The topological polar surface area (TPSA) is 46.6 Å². The number of piperidine rings is 2. The lowest BCUT2D eigenvalue weighted by Crippen LogP contribution is -2.56. The summed E-state index contributed by atoms with van der Waals surface area (Å²) in [6.45, 7) is 0.315. The first-order valence-corrected chi connectivity index (χ1v) is 13.0. The van der Waals surface area contributed by atoms with E-state index in [4.69, 9.17) is 4.74 Å². The lowest BCUT2D eigenvalue weighted by Gasteiger charge is -2.47. The van der Waals surface area contributed by atoms with Crippen LogP contribution in [0.15, 0.2) is 72.8 Å². The van der Waals surface area contributed by atoms with Crippen LogP contribution in [0.1, 0.15) is 54.7 Å². The Kier molecular flexibility index (Phi) is 6.08. The molecule has 2 bridgehead atoms. The third-order valence-electron chi connectivity index (χ3n) is 8.27. The molecule has 6 rings (SSSR count). The number of hydrogen-bond acceptors (Lipinski definition) is 3. The van der Waals surface area contributed by atoms with Gasteiger partial charge in [-0.3, -0.25) is 4.79 Å². The second kappa shape index (κ2) is 9.53. The van der Waals surface area contributed by atoms with Crippen LogP contribution in [0.3, 0.4) is 0 Å². The van der Waals surface area contributed by atoms with Crippen molar-refractivity contribution < 1.29 is 18.7 Å². The third kappa shape index (κ3) is 4.21. The van der Waals surface area contributed by atoms with Gasteiger partial charge in [-0.05, 0) is 72.1 Å². The summed E-state index contributed by atoms with van der Waals surface area (Å²) in [7, 11) is 0. The highest BCUT2D eigenvalue weighted by Gasteiger charge is 2.43. The van der Waals surface area contributed by atoms with Gasteiger partial charge in [0.05, 0.1) is 0 Å². The van der Waals surface area contributed by atoms with Crippen molar-refractivity contribution in [3.63, 3.8) is 0 Å². The molecule has 3 aromatic carbocycles. The molecule has 0 aromatic heterocycles. The van der Waals surface area contributed by atoms with Crippen molar-refractivity contribution in [2.75, 3.05) is 6.61 Å². The largest absolute Gasteiger partial charge is 0.448 e. The van der Waals surface area contributed by atoms with Gasteiger partial charge < -0.3 is 9.64 Å². The molecular formula is C31H30FNO3. The molecule has 2 aliphatic heterocycles. The Morgan fingerprint density at radius 3 is 2.03 bits per heavy atom. The summed E-state index contributed by atoms with van der Waals surface area (Å²) in [6, 6.07) is 22.9. The average Bonchev–Trinajstić information content (AvgIpc) is 3.21. The maximum atomic E-state index is 13.4. The molecule has 2 unspecified atom stereocenters. The molecule has 2 fully saturated rings. The van der Waals surface area contributed by atoms with Crippen LogP contribution >= 0.6 is 0 Å². The zero-order valence-corrected chi connectivity index (χ0v) is 20.2. The zero-order valence-electron chi connectivity index (χ0n) is 20.2. The molecule has 184 valence electrons. The third-order valence-corrected chi connectivity index (χ3v) is 8.27. The SMILES string of the molecule is O=C(Cc1ccc(F)cc1)C1CC2CCCC(C1)N2C(=O)OCC1c2ccccc2-c2ccccc21. The summed E-state index contributed by atoms with van der Waals surface area (Å²) in [5.74, 6) is -0.137. The molecule has 2 saturated heterocycles. The Morgan fingerprint density at radius 1 is 0.833 bits per heavy atom. The molecule has 4 nitrogen and oxygen atoms in total. The first-order chi connectivity index (χ1) is 17.6. The van der Waals surface area contributed by atoms with Crippen LogP contribution in [-0.4, -0.2) is 35.5 Å². The fraction of sp³-hybridized carbons (Fsp3) is 0.355. The standard InChI is InChI=1S/C31H30FNO3/c32-22-14-12-20(13-15-22)16-30(34)21-17-23-6-5-7-24(18-21)33(23)31(35)36-19-29-27-10-3-1-8-25(27)26-9-2-4-11-28(26)29/h1-4,8-15,21,23-24,29H,5-7,16-19H2. The van der Waals surface area contributed by atoms with Gasteiger partial charge in [0.15, 0.2) is 0 Å². The quantitative estimate of drug-likeness (QED) is 0.415. The highest BCUT2D eigenvalue weighted by molar-refractivity contribution is 5.84. The van der Waals surface area contributed by atoms with E-state index in [9.17, 15) is 14.0 Å². The van der Waals surface area contributed by atoms with Crippen molar-refractivity contribution in [2.45, 2.75) is 56.5 Å². The Balaban J connectivity index is 1.13. The van der Waals surface area contributed by atoms with Crippen LogP contribution in [0.25, 0.3) is 11.1 Å². The fourth-order valence-corrected chi connectivity index (χ4v) is 6.56. The smallest absolute Gasteiger partial charge is 0.410 e. The fourth-order valence-electron chi connectivity index (χ4n) is 6.56. The molecule has 1 amide bonds. The maximum absolute atomic E-state index is 13.4. The first kappa shape index (κ1) is 23.0. The number of fused-ring (bicyclic) bond motifs is 5. The van der Waals surface area contributed by atoms with Crippen molar-refractivity contribution >= 4 is 11.9 Å². The van der Waals surface area contributed by atoms with E-state index in [1.807, 2.05) is 29.2 Å². The van der Waals surface area contributed by atoms with E-state index in [0.717, 1.165) is 24.8 Å². The van der Waals surface area contributed by atoms with Crippen molar-refractivity contribution in [1.82, 2.24) is 4.90 Å². The predicted octanol–water partition coefficient (Wildman–Crippen LogP) is 6.52. The van der Waals surface area contributed by atoms with Gasteiger partial charge in [0, 0.05) is 30.3 Å². The normalized spacial score (nSPS) is 22.6. The monoisotopic (exact) mass is 483 g/mol. The van der Waals surface area contributed by atoms with Gasteiger partial charge in [0.2, 0.25) is 0 Å². The Hall–Kier alpha value is -3.47. The van der Waals surface area contributed by atoms with Gasteiger partial charge >= 0.3 is 6.09 Å². The van der Waals surface area contributed by atoms with E-state index < -0.39 is 0 Å². The van der Waals surface area contributed by atoms with Gasteiger partial charge in [0.25, 0.3) is 0 Å². The number of halogens is 1. The van der Waals surface area contributed by atoms with Crippen LogP contribution in [0.5, 0.6) is 0 Å². The molecule has 2 atom stereocenters. The Morgan fingerprint density at radius 2 is 1.42 bits per heavy atom. The van der Waals surface area contributed by atoms with Crippen LogP contribution in [-0.2, 0) is 16.0 Å². The van der Waals surface area contributed by atoms with Crippen molar-refractivity contribution in [2.24, 2.45) is 5.92 Å². The summed E-state index contributed by atoms with van der Waals surface area (Å²) >= 11 is 0. The highest BCUT2D eigenvalue weighted by Crippen LogP contribution is 2.45. The summed E-state index contributed by atoms with van der Waals surface area (Å²) in [5.41, 5.74) is 5.68. The summed E-state index contributed by atoms with van der Waals surface area (Å²) in [4.78, 5) is 28.4. The van der Waals surface area contributed by atoms with Gasteiger partial charge in [-0.15, -0.1) is 0 Å². The predicted molar refractivity (Wildman–Crippen MR) is 136 cm³/mol. The number of rotatable bonds is 5. The molecule has 3 aliphatic rings. The second-order valence-electron chi connectivity index (χ2n) is 10.4. The summed E-state index contributed by atoms with van der Waals surface area (Å²) < 4.78 is 19.2. The molecular weight excluding hydrogens is 453 g/mol. The molecule has 1 aliphatic carbocycles. The molecule has 2 heterocycles.